The molecule has 112 valence electrons. The summed E-state index contributed by atoms with van der Waals surface area (Å²) in [6.45, 7) is 4.17. The van der Waals surface area contributed by atoms with Crippen LogP contribution in [0.5, 0.6) is 0 Å². The average molecular weight is 291 g/mol. The minimum absolute atomic E-state index is 0.0341. The summed E-state index contributed by atoms with van der Waals surface area (Å²) in [6.07, 6.45) is 0.0999. The van der Waals surface area contributed by atoms with Crippen LogP contribution in [0.1, 0.15) is 35.7 Å². The van der Waals surface area contributed by atoms with Crippen molar-refractivity contribution in [2.24, 2.45) is 0 Å². The Kier molecular flexibility index (Phi) is 4.26. The predicted molar refractivity (Wildman–Crippen MR) is 76.5 cm³/mol. The SMILES string of the molecule is CCn1c(=O)oc2cc(C(=O)CCC(=O)OC)cc(C)c21. The lowest BCUT2D eigenvalue weighted by Crippen LogP contribution is -2.12. The first-order chi connectivity index (χ1) is 9.97. The molecule has 0 aliphatic rings. The number of fused-ring (bicyclic) bond motifs is 1. The zero-order valence-electron chi connectivity index (χ0n) is 12.3. The summed E-state index contributed by atoms with van der Waals surface area (Å²) in [5.74, 6) is -1.04. The molecule has 0 bridgehead atoms. The highest BCUT2D eigenvalue weighted by Crippen LogP contribution is 2.21. The fourth-order valence-electron chi connectivity index (χ4n) is 2.32. The number of hydrogen-bond donors (Lipinski definition) is 0. The maximum Gasteiger partial charge on any atom is 0.419 e. The van der Waals surface area contributed by atoms with Gasteiger partial charge >= 0.3 is 11.7 Å². The van der Waals surface area contributed by atoms with Crippen LogP contribution in [0.2, 0.25) is 0 Å². The number of esters is 1. The molecule has 0 aliphatic heterocycles. The molecule has 1 heterocycles. The lowest BCUT2D eigenvalue weighted by atomic mass is 10.0. The number of Topliss-reactive ketones (excluding diaryl/α,β-unsaturated/α-hetero) is 1. The van der Waals surface area contributed by atoms with Crippen molar-refractivity contribution in [2.45, 2.75) is 33.2 Å². The lowest BCUT2D eigenvalue weighted by molar-refractivity contribution is -0.140. The quantitative estimate of drug-likeness (QED) is 0.622. The van der Waals surface area contributed by atoms with Gasteiger partial charge in [-0.15, -0.1) is 0 Å². The minimum Gasteiger partial charge on any atom is -0.469 e. The van der Waals surface area contributed by atoms with E-state index in [9.17, 15) is 14.4 Å². The zero-order valence-corrected chi connectivity index (χ0v) is 12.3. The predicted octanol–water partition coefficient (Wildman–Crippen LogP) is 2.06. The fraction of sp³-hybridized carbons (Fsp3) is 0.400. The van der Waals surface area contributed by atoms with Gasteiger partial charge in [0, 0.05) is 18.5 Å². The summed E-state index contributed by atoms with van der Waals surface area (Å²) in [5, 5.41) is 0. The number of methoxy groups -OCH3 is 1. The van der Waals surface area contributed by atoms with Crippen molar-refractivity contribution in [1.82, 2.24) is 4.57 Å². The van der Waals surface area contributed by atoms with E-state index in [2.05, 4.69) is 4.74 Å². The third-order valence-corrected chi connectivity index (χ3v) is 3.38. The van der Waals surface area contributed by atoms with Crippen molar-refractivity contribution in [2.75, 3.05) is 7.11 Å². The van der Waals surface area contributed by atoms with Gasteiger partial charge in [-0.3, -0.25) is 14.2 Å². The van der Waals surface area contributed by atoms with Crippen LogP contribution >= 0.6 is 0 Å². The number of ketones is 1. The van der Waals surface area contributed by atoms with Gasteiger partial charge in [0.2, 0.25) is 0 Å². The molecule has 0 aliphatic carbocycles. The molecule has 2 aromatic rings. The Morgan fingerprint density at radius 1 is 1.29 bits per heavy atom. The Hall–Kier alpha value is -2.37. The molecule has 1 aromatic carbocycles. The van der Waals surface area contributed by atoms with Crippen LogP contribution in [-0.4, -0.2) is 23.4 Å². The summed E-state index contributed by atoms with van der Waals surface area (Å²) < 4.78 is 11.2. The topological polar surface area (TPSA) is 78.5 Å². The molecular weight excluding hydrogens is 274 g/mol. The number of nitrogens with zero attached hydrogens (tertiary/aromatic N) is 1. The molecule has 0 saturated carbocycles. The molecule has 0 saturated heterocycles. The number of aryl methyl sites for hydroxylation is 2. The molecule has 2 rings (SSSR count). The van der Waals surface area contributed by atoms with Gasteiger partial charge in [0.25, 0.3) is 0 Å². The monoisotopic (exact) mass is 291 g/mol. The van der Waals surface area contributed by atoms with Crippen LogP contribution in [0.3, 0.4) is 0 Å². The Bertz CT molecular complexity index is 753. The largest absolute Gasteiger partial charge is 0.469 e. The molecule has 0 radical (unpaired) electrons. The van der Waals surface area contributed by atoms with Gasteiger partial charge in [-0.1, -0.05) is 0 Å². The minimum atomic E-state index is -0.435. The van der Waals surface area contributed by atoms with E-state index < -0.39 is 11.7 Å². The fourth-order valence-corrected chi connectivity index (χ4v) is 2.32. The number of oxazole rings is 1. The van der Waals surface area contributed by atoms with Crippen LogP contribution < -0.4 is 5.76 Å². The molecule has 0 amide bonds. The van der Waals surface area contributed by atoms with E-state index in [1.54, 1.807) is 12.1 Å². The van der Waals surface area contributed by atoms with Crippen LogP contribution in [0.15, 0.2) is 21.3 Å². The number of carbonyl (C=O) groups is 2. The second kappa shape index (κ2) is 5.95. The summed E-state index contributed by atoms with van der Waals surface area (Å²) in [5.41, 5.74) is 2.32. The Labute approximate surface area is 121 Å². The third-order valence-electron chi connectivity index (χ3n) is 3.38. The lowest BCUT2D eigenvalue weighted by Gasteiger charge is -2.04. The first-order valence-electron chi connectivity index (χ1n) is 6.72. The number of benzene rings is 1. The number of ether oxygens (including phenoxy) is 1. The van der Waals surface area contributed by atoms with Gasteiger partial charge in [0.15, 0.2) is 11.4 Å². The molecule has 21 heavy (non-hydrogen) atoms. The molecular formula is C15H17NO5. The van der Waals surface area contributed by atoms with Crippen LogP contribution in [-0.2, 0) is 16.1 Å². The van der Waals surface area contributed by atoms with Crippen molar-refractivity contribution in [1.29, 1.82) is 0 Å². The van der Waals surface area contributed by atoms with Gasteiger partial charge in [-0.25, -0.2) is 4.79 Å². The number of rotatable bonds is 5. The van der Waals surface area contributed by atoms with Crippen LogP contribution in [0, 0.1) is 6.92 Å². The van der Waals surface area contributed by atoms with E-state index in [1.165, 1.54) is 11.7 Å². The normalized spacial score (nSPS) is 10.8. The number of carbonyl (C=O) groups excluding carboxylic acids is 2. The van der Waals surface area contributed by atoms with E-state index in [1.807, 2.05) is 13.8 Å². The molecule has 6 nitrogen and oxygen atoms in total. The Morgan fingerprint density at radius 3 is 2.62 bits per heavy atom. The van der Waals surface area contributed by atoms with Gasteiger partial charge < -0.3 is 9.15 Å². The zero-order chi connectivity index (χ0) is 15.6. The van der Waals surface area contributed by atoms with Gasteiger partial charge in [-0.05, 0) is 31.5 Å². The highest BCUT2D eigenvalue weighted by molar-refractivity contribution is 6.00. The smallest absolute Gasteiger partial charge is 0.419 e. The standard InChI is InChI=1S/C15H17NO5/c1-4-16-14-9(2)7-10(8-12(14)21-15(16)19)11(17)5-6-13(18)20-3/h7-8H,4-6H2,1-3H3. The summed E-state index contributed by atoms with van der Waals surface area (Å²) in [6, 6.07) is 3.26. The summed E-state index contributed by atoms with van der Waals surface area (Å²) >= 11 is 0. The molecule has 0 spiro atoms. The first kappa shape index (κ1) is 15.0. The van der Waals surface area contributed by atoms with E-state index in [-0.39, 0.29) is 18.6 Å². The van der Waals surface area contributed by atoms with Crippen molar-refractivity contribution in [3.8, 4) is 0 Å². The third kappa shape index (κ3) is 2.89. The maximum atomic E-state index is 12.1. The van der Waals surface area contributed by atoms with E-state index in [4.69, 9.17) is 4.42 Å². The van der Waals surface area contributed by atoms with E-state index in [0.29, 0.717) is 23.2 Å². The van der Waals surface area contributed by atoms with Crippen LogP contribution in [0.25, 0.3) is 11.1 Å². The van der Waals surface area contributed by atoms with Gasteiger partial charge in [0.1, 0.15) is 0 Å². The van der Waals surface area contributed by atoms with Crippen molar-refractivity contribution in [3.05, 3.63) is 33.8 Å². The van der Waals surface area contributed by atoms with Gasteiger partial charge in [0.05, 0.1) is 19.0 Å². The first-order valence-corrected chi connectivity index (χ1v) is 6.72. The van der Waals surface area contributed by atoms with Gasteiger partial charge in [-0.2, -0.15) is 0 Å². The van der Waals surface area contributed by atoms with E-state index in [0.717, 1.165) is 5.56 Å². The van der Waals surface area contributed by atoms with Crippen molar-refractivity contribution in [3.63, 3.8) is 0 Å². The Balaban J connectivity index is 2.37. The second-order valence-corrected chi connectivity index (χ2v) is 4.75. The van der Waals surface area contributed by atoms with Crippen molar-refractivity contribution < 1.29 is 18.7 Å². The average Bonchev–Trinajstić information content (AvgIpc) is 2.79. The van der Waals surface area contributed by atoms with Crippen LogP contribution in [0.4, 0.5) is 0 Å². The van der Waals surface area contributed by atoms with E-state index >= 15 is 0 Å². The molecule has 0 N–H and O–H groups in total. The molecule has 6 heteroatoms. The molecule has 0 atom stereocenters. The van der Waals surface area contributed by atoms with Crippen molar-refractivity contribution >= 4 is 22.9 Å². The molecule has 0 fully saturated rings. The molecule has 1 aromatic heterocycles. The number of aromatic nitrogens is 1. The summed E-state index contributed by atoms with van der Waals surface area (Å²) in [7, 11) is 1.28. The Morgan fingerprint density at radius 2 is 2.00 bits per heavy atom. The highest BCUT2D eigenvalue weighted by atomic mass is 16.5. The summed E-state index contributed by atoms with van der Waals surface area (Å²) in [4.78, 5) is 34.9. The number of hydrogen-bond acceptors (Lipinski definition) is 5. The maximum absolute atomic E-state index is 12.1. The highest BCUT2D eigenvalue weighted by Gasteiger charge is 2.16. The second-order valence-electron chi connectivity index (χ2n) is 4.75. The molecule has 0 unspecified atom stereocenters.